The number of rotatable bonds is 8. The number of piperidine rings is 1. The second-order valence-corrected chi connectivity index (χ2v) is 10.6. The largest absolute Gasteiger partial charge is 0.494 e. The van der Waals surface area contributed by atoms with Crippen LogP contribution in [0.15, 0.2) is 30.5 Å². The molecule has 1 saturated heterocycles. The summed E-state index contributed by atoms with van der Waals surface area (Å²) in [5.74, 6) is 2.93. The maximum atomic E-state index is 11.8. The monoisotopic (exact) mass is 460 g/mol. The highest BCUT2D eigenvalue weighted by atomic mass is 32.2. The molecule has 174 valence electrons. The first kappa shape index (κ1) is 22.8. The van der Waals surface area contributed by atoms with Crippen molar-refractivity contribution in [3.63, 3.8) is 0 Å². The van der Waals surface area contributed by atoms with Crippen LogP contribution < -0.4 is 14.4 Å². The van der Waals surface area contributed by atoms with Crippen LogP contribution in [0, 0.1) is 5.92 Å². The normalized spacial score (nSPS) is 17.8. The molecule has 0 spiro atoms. The summed E-state index contributed by atoms with van der Waals surface area (Å²) in [5, 5.41) is 0. The van der Waals surface area contributed by atoms with Crippen molar-refractivity contribution >= 4 is 16.0 Å². The Balaban J connectivity index is 1.19. The fourth-order valence-electron chi connectivity index (χ4n) is 4.46. The maximum Gasteiger partial charge on any atom is 0.228 e. The summed E-state index contributed by atoms with van der Waals surface area (Å²) in [7, 11) is -1.52. The molecule has 1 aromatic heterocycles. The average Bonchev–Trinajstić information content (AvgIpc) is 2.81. The molecule has 2 aromatic rings. The quantitative estimate of drug-likeness (QED) is 0.560. The molecule has 3 heterocycles. The van der Waals surface area contributed by atoms with Crippen LogP contribution in [0.5, 0.6) is 11.6 Å². The van der Waals surface area contributed by atoms with Crippen molar-refractivity contribution in [1.29, 1.82) is 0 Å². The van der Waals surface area contributed by atoms with E-state index >= 15 is 0 Å². The Kier molecular flexibility index (Phi) is 7.15. The molecule has 2 aliphatic rings. The molecule has 0 amide bonds. The molecule has 0 unspecified atom stereocenters. The number of benzene rings is 1. The van der Waals surface area contributed by atoms with Gasteiger partial charge in [-0.05, 0) is 61.3 Å². The van der Waals surface area contributed by atoms with Gasteiger partial charge in [-0.2, -0.15) is 9.29 Å². The van der Waals surface area contributed by atoms with Gasteiger partial charge < -0.3 is 14.4 Å². The van der Waals surface area contributed by atoms with E-state index < -0.39 is 10.0 Å². The summed E-state index contributed by atoms with van der Waals surface area (Å²) in [4.78, 5) is 11.0. The van der Waals surface area contributed by atoms with E-state index in [0.29, 0.717) is 31.5 Å². The molecule has 8 nitrogen and oxygen atoms in total. The molecule has 0 saturated carbocycles. The molecule has 4 rings (SSSR count). The van der Waals surface area contributed by atoms with Crippen molar-refractivity contribution in [3.05, 3.63) is 41.6 Å². The Labute approximate surface area is 190 Å². The molecule has 0 aliphatic carbocycles. The van der Waals surface area contributed by atoms with E-state index in [1.165, 1.54) is 16.1 Å². The van der Waals surface area contributed by atoms with Gasteiger partial charge in [0.05, 0.1) is 20.0 Å². The van der Waals surface area contributed by atoms with Crippen molar-refractivity contribution in [2.75, 3.05) is 44.5 Å². The molecule has 9 heteroatoms. The highest BCUT2D eigenvalue weighted by Crippen LogP contribution is 2.27. The van der Waals surface area contributed by atoms with Crippen LogP contribution in [0.3, 0.4) is 0 Å². The van der Waals surface area contributed by atoms with Crippen molar-refractivity contribution in [2.45, 2.75) is 38.6 Å². The Bertz CT molecular complexity index is 1020. The number of methoxy groups -OCH3 is 1. The average molecular weight is 461 g/mol. The Morgan fingerprint density at radius 3 is 2.69 bits per heavy atom. The molecule has 1 aromatic carbocycles. The van der Waals surface area contributed by atoms with E-state index in [-0.39, 0.29) is 0 Å². The van der Waals surface area contributed by atoms with Crippen LogP contribution in [0.2, 0.25) is 0 Å². The Morgan fingerprint density at radius 2 is 1.94 bits per heavy atom. The number of fused-ring (bicyclic) bond motifs is 1. The molecule has 0 radical (unpaired) electrons. The predicted molar refractivity (Wildman–Crippen MR) is 124 cm³/mol. The van der Waals surface area contributed by atoms with E-state index in [4.69, 9.17) is 9.47 Å². The molecular formula is C23H32N4O4S. The van der Waals surface area contributed by atoms with Gasteiger partial charge in [-0.3, -0.25) is 0 Å². The zero-order valence-electron chi connectivity index (χ0n) is 18.9. The number of hydrogen-bond donors (Lipinski definition) is 0. The van der Waals surface area contributed by atoms with E-state index in [2.05, 4.69) is 20.9 Å². The summed E-state index contributed by atoms with van der Waals surface area (Å²) in [6.45, 7) is 3.62. The summed E-state index contributed by atoms with van der Waals surface area (Å²) in [6, 6.07) is 7.79. The van der Waals surface area contributed by atoms with Gasteiger partial charge in [0.25, 0.3) is 0 Å². The number of hydrogen-bond acceptors (Lipinski definition) is 7. The maximum absolute atomic E-state index is 11.8. The fourth-order valence-corrected chi connectivity index (χ4v) is 5.25. The lowest BCUT2D eigenvalue weighted by Gasteiger charge is -2.32. The molecule has 0 bridgehead atoms. The molecule has 0 atom stereocenters. The van der Waals surface area contributed by atoms with Crippen LogP contribution in [-0.2, 0) is 23.0 Å². The van der Waals surface area contributed by atoms with Crippen LogP contribution in [0.25, 0.3) is 0 Å². The molecule has 2 aliphatic heterocycles. The lowest BCUT2D eigenvalue weighted by atomic mass is 9.92. The first-order valence-corrected chi connectivity index (χ1v) is 13.1. The summed E-state index contributed by atoms with van der Waals surface area (Å²) >= 11 is 0. The van der Waals surface area contributed by atoms with Gasteiger partial charge >= 0.3 is 0 Å². The SMILES string of the molecule is COc1ccnc(N2CCC(CCCOc3ccc4c(c3)CCN(S(C)(=O)=O)C4)CC2)n1. The van der Waals surface area contributed by atoms with Gasteiger partial charge in [0, 0.05) is 38.4 Å². The first-order chi connectivity index (χ1) is 15.4. The minimum absolute atomic E-state index is 0.452. The highest BCUT2D eigenvalue weighted by molar-refractivity contribution is 7.88. The van der Waals surface area contributed by atoms with Crippen molar-refractivity contribution in [2.24, 2.45) is 5.92 Å². The molecule has 32 heavy (non-hydrogen) atoms. The fraction of sp³-hybridized carbons (Fsp3) is 0.565. The second kappa shape index (κ2) is 10.0. The van der Waals surface area contributed by atoms with Crippen molar-refractivity contribution in [1.82, 2.24) is 14.3 Å². The number of ether oxygens (including phenoxy) is 2. The van der Waals surface area contributed by atoms with Gasteiger partial charge in [0.1, 0.15) is 5.75 Å². The third-order valence-corrected chi connectivity index (χ3v) is 7.62. The Hall–Kier alpha value is -2.39. The van der Waals surface area contributed by atoms with E-state index in [1.807, 2.05) is 12.1 Å². The van der Waals surface area contributed by atoms with Gasteiger partial charge in [-0.25, -0.2) is 13.4 Å². The smallest absolute Gasteiger partial charge is 0.228 e. The van der Waals surface area contributed by atoms with Crippen LogP contribution in [-0.4, -0.2) is 62.3 Å². The first-order valence-electron chi connectivity index (χ1n) is 11.2. The van der Waals surface area contributed by atoms with Gasteiger partial charge in [-0.15, -0.1) is 0 Å². The van der Waals surface area contributed by atoms with Crippen LogP contribution in [0.1, 0.15) is 36.8 Å². The summed E-state index contributed by atoms with van der Waals surface area (Å²) in [5.41, 5.74) is 2.26. The van der Waals surface area contributed by atoms with Gasteiger partial charge in [0.2, 0.25) is 21.9 Å². The minimum Gasteiger partial charge on any atom is -0.494 e. The van der Waals surface area contributed by atoms with Crippen molar-refractivity contribution in [3.8, 4) is 11.6 Å². The molecule has 0 N–H and O–H groups in total. The van der Waals surface area contributed by atoms with E-state index in [9.17, 15) is 8.42 Å². The van der Waals surface area contributed by atoms with E-state index in [0.717, 1.165) is 62.5 Å². The van der Waals surface area contributed by atoms with Crippen LogP contribution in [0.4, 0.5) is 5.95 Å². The topological polar surface area (TPSA) is 84.9 Å². The zero-order chi connectivity index (χ0) is 22.6. The third kappa shape index (κ3) is 5.69. The third-order valence-electron chi connectivity index (χ3n) is 6.37. The predicted octanol–water partition coefficient (Wildman–Crippen LogP) is 2.88. The number of anilines is 1. The number of sulfonamides is 1. The number of aromatic nitrogens is 2. The Morgan fingerprint density at radius 1 is 1.12 bits per heavy atom. The zero-order valence-corrected chi connectivity index (χ0v) is 19.7. The minimum atomic E-state index is -3.14. The summed E-state index contributed by atoms with van der Waals surface area (Å²) < 4.78 is 36.3. The molecular weight excluding hydrogens is 428 g/mol. The van der Waals surface area contributed by atoms with E-state index in [1.54, 1.807) is 19.4 Å². The van der Waals surface area contributed by atoms with Crippen LogP contribution >= 0.6 is 0 Å². The van der Waals surface area contributed by atoms with Gasteiger partial charge in [-0.1, -0.05) is 6.07 Å². The van der Waals surface area contributed by atoms with Crippen molar-refractivity contribution < 1.29 is 17.9 Å². The number of nitrogens with zero attached hydrogens (tertiary/aromatic N) is 4. The standard InChI is InChI=1S/C23H32N4O4S/c1-30-22-7-11-24-23(25-22)26-12-8-18(9-13-26)4-3-15-31-21-6-5-20-17-27(32(2,28)29)14-10-19(20)16-21/h5-7,11,16,18H,3-4,8-10,12-15,17H2,1-2H3. The highest BCUT2D eigenvalue weighted by Gasteiger charge is 2.24. The van der Waals surface area contributed by atoms with Gasteiger partial charge in [0.15, 0.2) is 0 Å². The molecule has 1 fully saturated rings. The lowest BCUT2D eigenvalue weighted by Crippen LogP contribution is -2.35. The second-order valence-electron chi connectivity index (χ2n) is 8.60. The lowest BCUT2D eigenvalue weighted by molar-refractivity contribution is 0.278. The summed E-state index contributed by atoms with van der Waals surface area (Å²) in [6.07, 6.45) is 8.20.